The third-order valence-electron chi connectivity index (χ3n) is 0. The maximum absolute atomic E-state index is 3.57. The van der Waals surface area contributed by atoms with Crippen molar-refractivity contribution < 1.29 is 0 Å². The number of thiol groups is 2. The Balaban J connectivity index is -0.0000000200. The molecule has 0 amide bonds. The molecule has 0 saturated heterocycles. The zero-order chi connectivity index (χ0) is 2.71. The van der Waals surface area contributed by atoms with E-state index in [4.69, 9.17) is 0 Å². The topological polar surface area (TPSA) is 70.0 Å². The number of rotatable bonds is 0. The second kappa shape index (κ2) is 20.2. The largest absolute Gasteiger partial charge is 0.344 e. The molecule has 0 spiro atoms. The zero-order valence-corrected chi connectivity index (χ0v) is 5.32. The summed E-state index contributed by atoms with van der Waals surface area (Å²) in [7, 11) is 1.14. The van der Waals surface area contributed by atoms with Gasteiger partial charge in [0.05, 0.1) is 0 Å². The molecule has 0 aliphatic carbocycles. The Labute approximate surface area is 45.9 Å². The van der Waals surface area contributed by atoms with Gasteiger partial charge in [0.2, 0.25) is 0 Å². The van der Waals surface area contributed by atoms with Crippen LogP contribution < -0.4 is 12.3 Å². The second-order valence-corrected chi connectivity index (χ2v) is 2.20. The van der Waals surface area contributed by atoms with Crippen LogP contribution in [0.2, 0.25) is 0 Å². The standard InChI is InChI=1S/2H3N.H2S3/c;;1-3-2/h2*1H3;1-2H. The maximum Gasteiger partial charge on any atom is -0.0317 e. The number of hydrogen-bond acceptors (Lipinski definition) is 5. The molecule has 0 aromatic carbocycles. The summed E-state index contributed by atoms with van der Waals surface area (Å²) < 4.78 is 0. The molecule has 6 N–H and O–H groups in total. The Bertz CT molecular complexity index is 4.85. The molecule has 0 aromatic heterocycles. The van der Waals surface area contributed by atoms with E-state index in [1.165, 1.54) is 0 Å². The molecule has 0 heterocycles. The highest BCUT2D eigenvalue weighted by atomic mass is 33.5. The molecule has 0 atom stereocenters. The van der Waals surface area contributed by atoms with Crippen molar-refractivity contribution >= 4 is 33.1 Å². The number of hydrogen-bond donors (Lipinski definition) is 4. The molecule has 0 aromatic rings. The van der Waals surface area contributed by atoms with Crippen molar-refractivity contribution in [1.82, 2.24) is 12.3 Å². The first kappa shape index (κ1) is 16.7. The molecule has 0 saturated carbocycles. The van der Waals surface area contributed by atoms with Crippen molar-refractivity contribution in [3.05, 3.63) is 0 Å². The van der Waals surface area contributed by atoms with Crippen LogP contribution in [0.15, 0.2) is 0 Å². The first-order chi connectivity index (χ1) is 1.41. The van der Waals surface area contributed by atoms with Gasteiger partial charge in [-0.15, -0.1) is 0 Å². The molecule has 0 unspecified atom stereocenters. The van der Waals surface area contributed by atoms with Crippen molar-refractivity contribution in [3.8, 4) is 0 Å². The van der Waals surface area contributed by atoms with Gasteiger partial charge < -0.3 is 12.3 Å². The van der Waals surface area contributed by atoms with Gasteiger partial charge in [0.15, 0.2) is 0 Å². The van der Waals surface area contributed by atoms with E-state index < -0.39 is 0 Å². The SMILES string of the molecule is N.N.SSS. The van der Waals surface area contributed by atoms with Crippen LogP contribution in [0.25, 0.3) is 0 Å². The van der Waals surface area contributed by atoms with Gasteiger partial charge >= 0.3 is 0 Å². The smallest absolute Gasteiger partial charge is 0.0317 e. The van der Waals surface area contributed by atoms with Gasteiger partial charge in [0.25, 0.3) is 0 Å². The third-order valence-corrected chi connectivity index (χ3v) is 0. The summed E-state index contributed by atoms with van der Waals surface area (Å²) >= 11 is 7.14. The van der Waals surface area contributed by atoms with E-state index in [-0.39, 0.29) is 12.3 Å². The Morgan fingerprint density at radius 3 is 1.00 bits per heavy atom. The van der Waals surface area contributed by atoms with Gasteiger partial charge in [0, 0.05) is 0 Å². The molecular weight excluding hydrogens is 124 g/mol. The van der Waals surface area contributed by atoms with Gasteiger partial charge in [0.1, 0.15) is 0 Å². The lowest BCUT2D eigenvalue weighted by Crippen LogP contribution is -0.766. The van der Waals surface area contributed by atoms with Gasteiger partial charge in [-0.3, -0.25) is 0 Å². The monoisotopic (exact) mass is 132 g/mol. The fraction of sp³-hybridized carbons (Fsp3) is 0. The molecule has 0 aliphatic heterocycles. The summed E-state index contributed by atoms with van der Waals surface area (Å²) in [5, 5.41) is 0. The highest BCUT2D eigenvalue weighted by molar-refractivity contribution is 9.01. The van der Waals surface area contributed by atoms with Crippen LogP contribution in [0.5, 0.6) is 0 Å². The van der Waals surface area contributed by atoms with Crippen LogP contribution >= 0.6 is 33.1 Å². The van der Waals surface area contributed by atoms with Crippen LogP contribution in [-0.2, 0) is 0 Å². The van der Waals surface area contributed by atoms with Crippen LogP contribution in [0.3, 0.4) is 0 Å². The summed E-state index contributed by atoms with van der Waals surface area (Å²) in [5.74, 6) is 0. The van der Waals surface area contributed by atoms with Crippen LogP contribution in [-0.4, -0.2) is 0 Å². The minimum atomic E-state index is 0. The summed E-state index contributed by atoms with van der Waals surface area (Å²) in [6, 6.07) is 0. The Hall–Kier alpha value is 0.970. The van der Waals surface area contributed by atoms with E-state index in [2.05, 4.69) is 23.3 Å². The Kier molecular flexibility index (Phi) is 67.5. The van der Waals surface area contributed by atoms with E-state index in [0.29, 0.717) is 0 Å². The van der Waals surface area contributed by atoms with E-state index in [9.17, 15) is 0 Å². The molecule has 0 bridgehead atoms. The van der Waals surface area contributed by atoms with Crippen molar-refractivity contribution in [2.45, 2.75) is 0 Å². The van der Waals surface area contributed by atoms with Gasteiger partial charge in [-0.25, -0.2) is 0 Å². The summed E-state index contributed by atoms with van der Waals surface area (Å²) in [4.78, 5) is 0. The Morgan fingerprint density at radius 1 is 1.00 bits per heavy atom. The predicted molar refractivity (Wildman–Crippen MR) is 35.6 cm³/mol. The first-order valence-corrected chi connectivity index (χ1v) is 3.29. The summed E-state index contributed by atoms with van der Waals surface area (Å²) in [6.45, 7) is 0. The van der Waals surface area contributed by atoms with Gasteiger partial charge in [-0.2, -0.15) is 0 Å². The summed E-state index contributed by atoms with van der Waals surface area (Å²) in [6.07, 6.45) is 0. The molecule has 2 nitrogen and oxygen atoms in total. The molecular formula is H8N2S3. The first-order valence-electron chi connectivity index (χ1n) is 0.365. The molecule has 36 valence electrons. The fourth-order valence-electron chi connectivity index (χ4n) is 0. The molecule has 0 radical (unpaired) electrons. The molecule has 0 fully saturated rings. The highest BCUT2D eigenvalue weighted by Gasteiger charge is 1.35. The van der Waals surface area contributed by atoms with Crippen molar-refractivity contribution in [2.24, 2.45) is 0 Å². The quantitative estimate of drug-likeness (QED) is 0.300. The van der Waals surface area contributed by atoms with E-state index in [0.717, 1.165) is 9.83 Å². The zero-order valence-electron chi connectivity index (χ0n) is 2.72. The van der Waals surface area contributed by atoms with Gasteiger partial charge in [-0.05, 0) is 9.83 Å². The second-order valence-electron chi connectivity index (χ2n) is 0.0816. The lowest BCUT2D eigenvalue weighted by atomic mass is 14.0. The van der Waals surface area contributed by atoms with Crippen molar-refractivity contribution in [1.29, 1.82) is 0 Å². The maximum atomic E-state index is 3.57. The van der Waals surface area contributed by atoms with Crippen molar-refractivity contribution in [2.75, 3.05) is 0 Å². The highest BCUT2D eigenvalue weighted by Crippen LogP contribution is 2.06. The predicted octanol–water partition coefficient (Wildman–Crippen LogP) is 1.73. The molecule has 0 rings (SSSR count). The molecule has 5 heteroatoms. The van der Waals surface area contributed by atoms with Gasteiger partial charge in [-0.1, -0.05) is 23.3 Å². The van der Waals surface area contributed by atoms with E-state index in [1.54, 1.807) is 0 Å². The lowest BCUT2D eigenvalue weighted by Gasteiger charge is -1.48. The molecule has 5 heavy (non-hydrogen) atoms. The van der Waals surface area contributed by atoms with E-state index >= 15 is 0 Å². The molecule has 0 aliphatic rings. The van der Waals surface area contributed by atoms with Crippen LogP contribution in [0.4, 0.5) is 0 Å². The normalized spacial score (nSPS) is 3.60. The van der Waals surface area contributed by atoms with Crippen molar-refractivity contribution in [3.63, 3.8) is 0 Å². The fourth-order valence-corrected chi connectivity index (χ4v) is 0. The minimum Gasteiger partial charge on any atom is -0.344 e. The average molecular weight is 132 g/mol. The summed E-state index contributed by atoms with van der Waals surface area (Å²) in [5.41, 5.74) is 0. The minimum absolute atomic E-state index is 0. The van der Waals surface area contributed by atoms with Crippen LogP contribution in [0, 0.1) is 0 Å². The van der Waals surface area contributed by atoms with E-state index in [1.807, 2.05) is 0 Å². The lowest BCUT2D eigenvalue weighted by molar-refractivity contribution is 2.13. The third kappa shape index (κ3) is 46.6. The average Bonchev–Trinajstić information content (AvgIpc) is 0.918. The Morgan fingerprint density at radius 2 is 1.00 bits per heavy atom. The van der Waals surface area contributed by atoms with Crippen LogP contribution in [0.1, 0.15) is 0 Å².